The standard InChI is InChI=1S/C26H37N3S/c1-3-12-27-13-15-29-18-16-28(17-19-29)14-6-8-22-23-7-4-5-9-25(23)30-26-11-10-21(2)20-24(22)26/h4-5,7,9-11,20,22,27H,3,6,8,12-19H2,1-2H3. The zero-order valence-corrected chi connectivity index (χ0v) is 19.5. The van der Waals surface area contributed by atoms with Gasteiger partial charge >= 0.3 is 0 Å². The molecule has 0 aliphatic carbocycles. The largest absolute Gasteiger partial charge is 0.315 e. The molecule has 2 aromatic rings. The van der Waals surface area contributed by atoms with Crippen LogP contribution in [0.15, 0.2) is 52.3 Å². The fourth-order valence-electron chi connectivity index (χ4n) is 4.79. The van der Waals surface area contributed by atoms with Gasteiger partial charge in [-0.1, -0.05) is 54.6 Å². The highest BCUT2D eigenvalue weighted by molar-refractivity contribution is 7.99. The van der Waals surface area contributed by atoms with Crippen molar-refractivity contribution in [3.63, 3.8) is 0 Å². The third kappa shape index (κ3) is 5.47. The summed E-state index contributed by atoms with van der Waals surface area (Å²) in [7, 11) is 0. The Kier molecular flexibility index (Phi) is 7.89. The number of aryl methyl sites for hydroxylation is 1. The van der Waals surface area contributed by atoms with E-state index in [2.05, 4.69) is 71.4 Å². The first-order valence-electron chi connectivity index (χ1n) is 11.8. The predicted molar refractivity (Wildman–Crippen MR) is 129 cm³/mol. The lowest BCUT2D eigenvalue weighted by atomic mass is 9.86. The summed E-state index contributed by atoms with van der Waals surface area (Å²) in [6.07, 6.45) is 3.74. The van der Waals surface area contributed by atoms with Crippen LogP contribution in [-0.4, -0.2) is 62.2 Å². The van der Waals surface area contributed by atoms with Crippen molar-refractivity contribution < 1.29 is 0 Å². The van der Waals surface area contributed by atoms with E-state index in [1.807, 2.05) is 11.8 Å². The first-order chi connectivity index (χ1) is 14.7. The molecule has 0 amide bonds. The molecule has 3 nitrogen and oxygen atoms in total. The Morgan fingerprint density at radius 2 is 1.63 bits per heavy atom. The number of fused-ring (bicyclic) bond motifs is 2. The van der Waals surface area contributed by atoms with E-state index in [1.54, 1.807) is 5.56 Å². The van der Waals surface area contributed by atoms with Gasteiger partial charge in [0.1, 0.15) is 0 Å². The summed E-state index contributed by atoms with van der Waals surface area (Å²) in [6.45, 7) is 14.0. The molecule has 1 atom stereocenters. The summed E-state index contributed by atoms with van der Waals surface area (Å²) in [4.78, 5) is 8.20. The Labute approximate surface area is 187 Å². The second-order valence-electron chi connectivity index (χ2n) is 8.81. The van der Waals surface area contributed by atoms with E-state index in [0.29, 0.717) is 5.92 Å². The van der Waals surface area contributed by atoms with E-state index in [-0.39, 0.29) is 0 Å². The van der Waals surface area contributed by atoms with Crippen LogP contribution in [0.25, 0.3) is 0 Å². The average molecular weight is 424 g/mol. The quantitative estimate of drug-likeness (QED) is 0.573. The zero-order chi connectivity index (χ0) is 20.8. The molecule has 1 fully saturated rings. The normalized spacial score (nSPS) is 19.5. The van der Waals surface area contributed by atoms with Crippen molar-refractivity contribution >= 4 is 11.8 Å². The number of rotatable bonds is 9. The van der Waals surface area contributed by atoms with Gasteiger partial charge in [0.15, 0.2) is 0 Å². The number of nitrogens with one attached hydrogen (secondary N) is 1. The molecule has 1 saturated heterocycles. The van der Waals surface area contributed by atoms with Crippen molar-refractivity contribution in [1.29, 1.82) is 0 Å². The van der Waals surface area contributed by atoms with Crippen molar-refractivity contribution in [3.05, 3.63) is 59.2 Å². The molecule has 0 radical (unpaired) electrons. The van der Waals surface area contributed by atoms with Gasteiger partial charge in [0.05, 0.1) is 0 Å². The first kappa shape index (κ1) is 21.9. The van der Waals surface area contributed by atoms with E-state index < -0.39 is 0 Å². The van der Waals surface area contributed by atoms with Crippen LogP contribution < -0.4 is 5.32 Å². The van der Waals surface area contributed by atoms with Crippen molar-refractivity contribution in [2.75, 3.05) is 52.4 Å². The molecule has 4 rings (SSSR count). The lowest BCUT2D eigenvalue weighted by Crippen LogP contribution is -2.48. The van der Waals surface area contributed by atoms with E-state index in [1.165, 1.54) is 79.4 Å². The van der Waals surface area contributed by atoms with Crippen LogP contribution in [0, 0.1) is 6.92 Å². The Morgan fingerprint density at radius 3 is 2.43 bits per heavy atom. The van der Waals surface area contributed by atoms with Crippen LogP contribution in [0.5, 0.6) is 0 Å². The number of piperazine rings is 1. The highest BCUT2D eigenvalue weighted by Gasteiger charge is 2.26. The minimum absolute atomic E-state index is 0.545. The van der Waals surface area contributed by atoms with E-state index >= 15 is 0 Å². The van der Waals surface area contributed by atoms with E-state index in [0.717, 1.165) is 13.1 Å². The van der Waals surface area contributed by atoms with Gasteiger partial charge < -0.3 is 10.2 Å². The van der Waals surface area contributed by atoms with Gasteiger partial charge in [-0.3, -0.25) is 4.90 Å². The Morgan fingerprint density at radius 1 is 0.900 bits per heavy atom. The third-order valence-electron chi connectivity index (χ3n) is 6.52. The zero-order valence-electron chi connectivity index (χ0n) is 18.7. The molecule has 4 heteroatoms. The molecule has 1 N–H and O–H groups in total. The third-order valence-corrected chi connectivity index (χ3v) is 7.70. The fraction of sp³-hybridized carbons (Fsp3) is 0.538. The molecule has 0 aromatic heterocycles. The van der Waals surface area contributed by atoms with Crippen molar-refractivity contribution in [3.8, 4) is 0 Å². The molecule has 1 unspecified atom stereocenters. The topological polar surface area (TPSA) is 18.5 Å². The van der Waals surface area contributed by atoms with Crippen LogP contribution in [0.3, 0.4) is 0 Å². The molecule has 0 bridgehead atoms. The maximum Gasteiger partial charge on any atom is 0.0160 e. The Bertz CT molecular complexity index is 814. The highest BCUT2D eigenvalue weighted by Crippen LogP contribution is 2.47. The molecule has 2 aromatic carbocycles. The van der Waals surface area contributed by atoms with Gasteiger partial charge in [0.2, 0.25) is 0 Å². The molecule has 0 spiro atoms. The highest BCUT2D eigenvalue weighted by atomic mass is 32.2. The van der Waals surface area contributed by atoms with Gasteiger partial charge in [-0.15, -0.1) is 0 Å². The van der Waals surface area contributed by atoms with E-state index in [4.69, 9.17) is 0 Å². The summed E-state index contributed by atoms with van der Waals surface area (Å²) in [5.41, 5.74) is 4.45. The van der Waals surface area contributed by atoms with Crippen LogP contribution in [0.4, 0.5) is 0 Å². The fourth-order valence-corrected chi connectivity index (χ4v) is 5.95. The van der Waals surface area contributed by atoms with Crippen molar-refractivity contribution in [2.24, 2.45) is 0 Å². The lowest BCUT2D eigenvalue weighted by Gasteiger charge is -2.35. The van der Waals surface area contributed by atoms with Gasteiger partial charge in [-0.05, 0) is 62.5 Å². The number of nitrogens with zero attached hydrogens (tertiary/aromatic N) is 2. The first-order valence-corrected chi connectivity index (χ1v) is 12.6. The van der Waals surface area contributed by atoms with Gasteiger partial charge in [0.25, 0.3) is 0 Å². The van der Waals surface area contributed by atoms with Crippen LogP contribution in [-0.2, 0) is 0 Å². The summed E-state index contributed by atoms with van der Waals surface area (Å²) in [5, 5.41) is 3.53. The van der Waals surface area contributed by atoms with Gasteiger partial charge in [-0.25, -0.2) is 0 Å². The van der Waals surface area contributed by atoms with Gasteiger partial charge in [-0.2, -0.15) is 0 Å². The monoisotopic (exact) mass is 423 g/mol. The SMILES string of the molecule is CCCNCCN1CCN(CCCC2c3ccccc3Sc3ccc(C)cc32)CC1. The Hall–Kier alpha value is -1.33. The lowest BCUT2D eigenvalue weighted by molar-refractivity contribution is 0.131. The molecule has 0 saturated carbocycles. The predicted octanol–water partition coefficient (Wildman–Crippen LogP) is 4.99. The minimum Gasteiger partial charge on any atom is -0.315 e. The summed E-state index contributed by atoms with van der Waals surface area (Å²) >= 11 is 1.95. The van der Waals surface area contributed by atoms with Crippen LogP contribution in [0.2, 0.25) is 0 Å². The number of hydrogen-bond donors (Lipinski definition) is 1. The van der Waals surface area contributed by atoms with Crippen LogP contribution in [0.1, 0.15) is 48.8 Å². The molecular weight excluding hydrogens is 386 g/mol. The maximum atomic E-state index is 3.53. The van der Waals surface area contributed by atoms with Crippen LogP contribution >= 0.6 is 11.8 Å². The molecule has 162 valence electrons. The minimum atomic E-state index is 0.545. The molecule has 2 aliphatic heterocycles. The summed E-state index contributed by atoms with van der Waals surface area (Å²) in [6, 6.07) is 16.0. The summed E-state index contributed by atoms with van der Waals surface area (Å²) < 4.78 is 0. The molecular formula is C26H37N3S. The van der Waals surface area contributed by atoms with Crippen molar-refractivity contribution in [2.45, 2.75) is 48.8 Å². The molecule has 2 heterocycles. The molecule has 30 heavy (non-hydrogen) atoms. The second-order valence-corrected chi connectivity index (χ2v) is 9.89. The smallest absolute Gasteiger partial charge is 0.0160 e. The Balaban J connectivity index is 1.29. The van der Waals surface area contributed by atoms with E-state index in [9.17, 15) is 0 Å². The maximum absolute atomic E-state index is 3.53. The molecule has 2 aliphatic rings. The average Bonchev–Trinajstić information content (AvgIpc) is 2.77. The second kappa shape index (κ2) is 10.8. The van der Waals surface area contributed by atoms with Gasteiger partial charge in [0, 0.05) is 55.0 Å². The van der Waals surface area contributed by atoms with Crippen molar-refractivity contribution in [1.82, 2.24) is 15.1 Å². The number of benzene rings is 2. The number of hydrogen-bond acceptors (Lipinski definition) is 4. The summed E-state index contributed by atoms with van der Waals surface area (Å²) in [5.74, 6) is 0.545.